The molecule has 0 spiro atoms. The molecule has 1 aliphatic heterocycles. The second kappa shape index (κ2) is 7.63. The zero-order valence-corrected chi connectivity index (χ0v) is 14.1. The smallest absolute Gasteiger partial charge is 0.261 e. The number of aryl methyl sites for hydroxylation is 1. The molecular weight excluding hydrogens is 276 g/mol. The maximum Gasteiger partial charge on any atom is 0.261 e. The van der Waals surface area contributed by atoms with Crippen molar-refractivity contribution in [2.24, 2.45) is 0 Å². The van der Waals surface area contributed by atoms with Crippen molar-refractivity contribution in [1.82, 2.24) is 10.6 Å². The van der Waals surface area contributed by atoms with Gasteiger partial charge in [0.05, 0.1) is 0 Å². The van der Waals surface area contributed by atoms with Crippen LogP contribution in [0, 0.1) is 6.92 Å². The largest absolute Gasteiger partial charge is 0.481 e. The first-order valence-electron chi connectivity index (χ1n) is 8.25. The van der Waals surface area contributed by atoms with Crippen LogP contribution < -0.4 is 15.4 Å². The monoisotopic (exact) mass is 304 g/mol. The normalized spacial score (nSPS) is 19.8. The van der Waals surface area contributed by atoms with E-state index in [4.69, 9.17) is 4.74 Å². The van der Waals surface area contributed by atoms with Gasteiger partial charge in [-0.15, -0.1) is 0 Å². The van der Waals surface area contributed by atoms with Gasteiger partial charge in [0.15, 0.2) is 6.10 Å². The summed E-state index contributed by atoms with van der Waals surface area (Å²) in [5.41, 5.74) is 2.52. The molecule has 2 N–H and O–H groups in total. The maximum atomic E-state index is 12.2. The molecule has 22 heavy (non-hydrogen) atoms. The lowest BCUT2D eigenvalue weighted by Gasteiger charge is -2.25. The molecule has 1 unspecified atom stereocenters. The van der Waals surface area contributed by atoms with Gasteiger partial charge in [-0.1, -0.05) is 19.9 Å². The Kier molecular flexibility index (Phi) is 5.83. The van der Waals surface area contributed by atoms with Crippen LogP contribution in [0.2, 0.25) is 0 Å². The molecule has 1 amide bonds. The molecule has 0 aromatic heterocycles. The SMILES string of the molecule is Cc1cc(OC(C)C(=O)N[C@H]2CCCNC2)ccc1C(C)C. The number of rotatable bonds is 5. The van der Waals surface area contributed by atoms with Crippen LogP contribution in [0.5, 0.6) is 5.75 Å². The lowest BCUT2D eigenvalue weighted by molar-refractivity contribution is -0.128. The maximum absolute atomic E-state index is 12.2. The molecule has 0 aliphatic carbocycles. The quantitative estimate of drug-likeness (QED) is 0.879. The summed E-state index contributed by atoms with van der Waals surface area (Å²) in [7, 11) is 0. The summed E-state index contributed by atoms with van der Waals surface area (Å²) in [4.78, 5) is 12.2. The van der Waals surface area contributed by atoms with Crippen LogP contribution >= 0.6 is 0 Å². The minimum Gasteiger partial charge on any atom is -0.481 e. The van der Waals surface area contributed by atoms with Crippen molar-refractivity contribution in [3.8, 4) is 5.75 Å². The topological polar surface area (TPSA) is 50.4 Å². The molecule has 122 valence electrons. The number of hydrogen-bond donors (Lipinski definition) is 2. The van der Waals surface area contributed by atoms with E-state index in [1.807, 2.05) is 12.1 Å². The van der Waals surface area contributed by atoms with Gasteiger partial charge >= 0.3 is 0 Å². The third kappa shape index (κ3) is 4.47. The van der Waals surface area contributed by atoms with E-state index in [2.05, 4.69) is 37.5 Å². The Hall–Kier alpha value is -1.55. The fourth-order valence-corrected chi connectivity index (χ4v) is 2.92. The highest BCUT2D eigenvalue weighted by Gasteiger charge is 2.20. The van der Waals surface area contributed by atoms with E-state index >= 15 is 0 Å². The van der Waals surface area contributed by atoms with Gasteiger partial charge < -0.3 is 15.4 Å². The minimum absolute atomic E-state index is 0.0423. The Morgan fingerprint density at radius 2 is 2.14 bits per heavy atom. The Morgan fingerprint density at radius 3 is 2.73 bits per heavy atom. The van der Waals surface area contributed by atoms with Crippen molar-refractivity contribution in [2.75, 3.05) is 13.1 Å². The molecule has 0 bridgehead atoms. The third-order valence-electron chi connectivity index (χ3n) is 4.19. The first-order chi connectivity index (χ1) is 10.5. The van der Waals surface area contributed by atoms with E-state index in [1.54, 1.807) is 6.92 Å². The average molecular weight is 304 g/mol. The van der Waals surface area contributed by atoms with Crippen molar-refractivity contribution < 1.29 is 9.53 Å². The van der Waals surface area contributed by atoms with Crippen LogP contribution in [0.1, 0.15) is 50.7 Å². The lowest BCUT2D eigenvalue weighted by atomic mass is 9.98. The average Bonchev–Trinajstić information content (AvgIpc) is 2.47. The number of benzene rings is 1. The molecule has 1 fully saturated rings. The summed E-state index contributed by atoms with van der Waals surface area (Å²) in [6.07, 6.45) is 1.66. The molecule has 0 saturated carbocycles. The van der Waals surface area contributed by atoms with Gasteiger partial charge in [-0.2, -0.15) is 0 Å². The number of piperidine rings is 1. The number of amides is 1. The zero-order chi connectivity index (χ0) is 16.1. The second-order valence-corrected chi connectivity index (χ2v) is 6.49. The zero-order valence-electron chi connectivity index (χ0n) is 14.1. The molecule has 2 atom stereocenters. The summed E-state index contributed by atoms with van der Waals surface area (Å²) in [5, 5.41) is 6.35. The van der Waals surface area contributed by atoms with Crippen LogP contribution in [0.25, 0.3) is 0 Å². The number of carbonyl (C=O) groups excluding carboxylic acids is 1. The van der Waals surface area contributed by atoms with Gasteiger partial charge in [0, 0.05) is 12.6 Å². The predicted octanol–water partition coefficient (Wildman–Crippen LogP) is 2.75. The fourth-order valence-electron chi connectivity index (χ4n) is 2.92. The van der Waals surface area contributed by atoms with Gasteiger partial charge in [-0.05, 0) is 62.4 Å². The number of ether oxygens (including phenoxy) is 1. The number of hydrogen-bond acceptors (Lipinski definition) is 3. The van der Waals surface area contributed by atoms with Gasteiger partial charge in [0.25, 0.3) is 5.91 Å². The standard InChI is InChI=1S/C18H28N2O2/c1-12(2)17-8-7-16(10-13(17)3)22-14(4)18(21)20-15-6-5-9-19-11-15/h7-8,10,12,14-15,19H,5-6,9,11H2,1-4H3,(H,20,21)/t14?,15-/m0/s1. The minimum atomic E-state index is -0.480. The number of carbonyl (C=O) groups is 1. The Bertz CT molecular complexity index is 508. The van der Waals surface area contributed by atoms with Gasteiger partial charge in [0.1, 0.15) is 5.75 Å². The molecular formula is C18H28N2O2. The molecule has 1 heterocycles. The molecule has 0 radical (unpaired) electrons. The van der Waals surface area contributed by atoms with E-state index in [0.717, 1.165) is 31.7 Å². The Labute approximate surface area is 133 Å². The van der Waals surface area contributed by atoms with Crippen molar-refractivity contribution >= 4 is 5.91 Å². The van der Waals surface area contributed by atoms with Crippen molar-refractivity contribution in [3.05, 3.63) is 29.3 Å². The molecule has 1 aliphatic rings. The summed E-state index contributed by atoms with van der Waals surface area (Å²) < 4.78 is 5.80. The van der Waals surface area contributed by atoms with E-state index in [9.17, 15) is 4.79 Å². The summed E-state index contributed by atoms with van der Waals surface area (Å²) in [6, 6.07) is 6.28. The predicted molar refractivity (Wildman–Crippen MR) is 89.4 cm³/mol. The Morgan fingerprint density at radius 1 is 1.36 bits per heavy atom. The van der Waals surface area contributed by atoms with Gasteiger partial charge in [-0.25, -0.2) is 0 Å². The second-order valence-electron chi connectivity index (χ2n) is 6.49. The van der Waals surface area contributed by atoms with Gasteiger partial charge in [0.2, 0.25) is 0 Å². The first kappa shape index (κ1) is 16.8. The fraction of sp³-hybridized carbons (Fsp3) is 0.611. The van der Waals surface area contributed by atoms with Crippen molar-refractivity contribution in [2.45, 2.75) is 58.6 Å². The lowest BCUT2D eigenvalue weighted by Crippen LogP contribution is -2.49. The van der Waals surface area contributed by atoms with E-state index in [1.165, 1.54) is 11.1 Å². The molecule has 4 heteroatoms. The van der Waals surface area contributed by atoms with Crippen LogP contribution in [0.4, 0.5) is 0 Å². The van der Waals surface area contributed by atoms with Crippen molar-refractivity contribution in [1.29, 1.82) is 0 Å². The highest BCUT2D eigenvalue weighted by atomic mass is 16.5. The number of nitrogens with one attached hydrogen (secondary N) is 2. The van der Waals surface area contributed by atoms with Crippen molar-refractivity contribution in [3.63, 3.8) is 0 Å². The van der Waals surface area contributed by atoms with Crippen LogP contribution in [0.3, 0.4) is 0 Å². The molecule has 2 rings (SSSR count). The van der Waals surface area contributed by atoms with Crippen LogP contribution in [0.15, 0.2) is 18.2 Å². The van der Waals surface area contributed by atoms with Gasteiger partial charge in [-0.3, -0.25) is 4.79 Å². The third-order valence-corrected chi connectivity index (χ3v) is 4.19. The molecule has 1 saturated heterocycles. The van der Waals surface area contributed by atoms with E-state index in [0.29, 0.717) is 5.92 Å². The highest BCUT2D eigenvalue weighted by Crippen LogP contribution is 2.24. The Balaban J connectivity index is 1.91. The molecule has 1 aromatic rings. The first-order valence-corrected chi connectivity index (χ1v) is 8.25. The summed E-state index contributed by atoms with van der Waals surface area (Å²) >= 11 is 0. The van der Waals surface area contributed by atoms with E-state index in [-0.39, 0.29) is 11.9 Å². The van der Waals surface area contributed by atoms with Crippen LogP contribution in [-0.4, -0.2) is 31.1 Å². The summed E-state index contributed by atoms with van der Waals surface area (Å²) in [6.45, 7) is 10.1. The molecule has 1 aromatic carbocycles. The molecule has 4 nitrogen and oxygen atoms in total. The van der Waals surface area contributed by atoms with Crippen LogP contribution in [-0.2, 0) is 4.79 Å². The summed E-state index contributed by atoms with van der Waals surface area (Å²) in [5.74, 6) is 1.21. The highest BCUT2D eigenvalue weighted by molar-refractivity contribution is 5.81. The van der Waals surface area contributed by atoms with E-state index < -0.39 is 6.10 Å².